The van der Waals surface area contributed by atoms with Crippen LogP contribution in [0.3, 0.4) is 0 Å². The molecule has 0 aromatic carbocycles. The molecule has 1 aliphatic rings. The molecule has 0 amide bonds. The maximum absolute atomic E-state index is 3.40. The average molecular weight is 255 g/mol. The highest BCUT2D eigenvalue weighted by atomic mass is 15.2. The molecule has 1 unspecified atom stereocenters. The minimum atomic E-state index is 0.462. The highest BCUT2D eigenvalue weighted by Crippen LogP contribution is 2.30. The molecule has 1 heterocycles. The Morgan fingerprint density at radius 1 is 1.28 bits per heavy atom. The van der Waals surface area contributed by atoms with Crippen molar-refractivity contribution in [1.29, 1.82) is 0 Å². The summed E-state index contributed by atoms with van der Waals surface area (Å²) in [6.45, 7) is 9.60. The Morgan fingerprint density at radius 3 is 2.44 bits per heavy atom. The van der Waals surface area contributed by atoms with E-state index in [1.165, 1.54) is 45.3 Å². The van der Waals surface area contributed by atoms with E-state index >= 15 is 0 Å². The van der Waals surface area contributed by atoms with Gasteiger partial charge in [0.1, 0.15) is 0 Å². The zero-order valence-electron chi connectivity index (χ0n) is 13.1. The molecule has 1 fully saturated rings. The quantitative estimate of drug-likeness (QED) is 0.716. The van der Waals surface area contributed by atoms with E-state index in [1.807, 2.05) is 0 Å². The second kappa shape index (κ2) is 7.46. The number of hydrogen-bond acceptors (Lipinski definition) is 3. The second-order valence-electron chi connectivity index (χ2n) is 6.27. The molecule has 18 heavy (non-hydrogen) atoms. The molecule has 1 atom stereocenters. The van der Waals surface area contributed by atoms with Crippen molar-refractivity contribution >= 4 is 0 Å². The van der Waals surface area contributed by atoms with Crippen molar-refractivity contribution in [2.24, 2.45) is 5.41 Å². The van der Waals surface area contributed by atoms with Gasteiger partial charge in [0.05, 0.1) is 0 Å². The fourth-order valence-electron chi connectivity index (χ4n) is 3.32. The molecule has 0 spiro atoms. The fraction of sp³-hybridized carbons (Fsp3) is 1.00. The number of likely N-dealkylation sites (tertiary alicyclic amines) is 1. The van der Waals surface area contributed by atoms with Crippen LogP contribution in [0.25, 0.3) is 0 Å². The number of hydrogen-bond donors (Lipinski definition) is 1. The minimum Gasteiger partial charge on any atom is -0.319 e. The summed E-state index contributed by atoms with van der Waals surface area (Å²) >= 11 is 0. The summed E-state index contributed by atoms with van der Waals surface area (Å²) in [6, 6.07) is 0.773. The van der Waals surface area contributed by atoms with Crippen LogP contribution >= 0.6 is 0 Å². The standard InChI is InChI=1S/C15H33N3/c1-6-15(7-2,12-16-3)13-18-10-8-9-14(18)11-17(4)5/h14,16H,6-13H2,1-5H3. The van der Waals surface area contributed by atoms with Gasteiger partial charge in [0.2, 0.25) is 0 Å². The van der Waals surface area contributed by atoms with Gasteiger partial charge in [-0.05, 0) is 58.8 Å². The second-order valence-corrected chi connectivity index (χ2v) is 6.27. The van der Waals surface area contributed by atoms with Gasteiger partial charge in [-0.15, -0.1) is 0 Å². The molecular weight excluding hydrogens is 222 g/mol. The van der Waals surface area contributed by atoms with E-state index in [0.717, 1.165) is 12.6 Å². The van der Waals surface area contributed by atoms with Gasteiger partial charge >= 0.3 is 0 Å². The first-order chi connectivity index (χ1) is 8.56. The number of rotatable bonds is 8. The Labute approximate surface area is 114 Å². The van der Waals surface area contributed by atoms with Crippen molar-refractivity contribution < 1.29 is 0 Å². The van der Waals surface area contributed by atoms with E-state index in [2.05, 4.69) is 50.1 Å². The Hall–Kier alpha value is -0.120. The van der Waals surface area contributed by atoms with Crippen molar-refractivity contribution in [2.45, 2.75) is 45.6 Å². The highest BCUT2D eigenvalue weighted by molar-refractivity contribution is 4.88. The van der Waals surface area contributed by atoms with Gasteiger partial charge in [0.25, 0.3) is 0 Å². The van der Waals surface area contributed by atoms with Gasteiger partial charge in [-0.3, -0.25) is 4.90 Å². The summed E-state index contributed by atoms with van der Waals surface area (Å²) in [5.74, 6) is 0. The third kappa shape index (κ3) is 4.22. The predicted molar refractivity (Wildman–Crippen MR) is 80.1 cm³/mol. The zero-order valence-corrected chi connectivity index (χ0v) is 13.1. The van der Waals surface area contributed by atoms with Crippen molar-refractivity contribution in [3.05, 3.63) is 0 Å². The third-order valence-corrected chi connectivity index (χ3v) is 4.67. The average Bonchev–Trinajstić information content (AvgIpc) is 2.75. The Bertz CT molecular complexity index is 224. The van der Waals surface area contributed by atoms with Gasteiger partial charge < -0.3 is 10.2 Å². The molecule has 1 rings (SSSR count). The zero-order chi connectivity index (χ0) is 13.6. The monoisotopic (exact) mass is 255 g/mol. The summed E-state index contributed by atoms with van der Waals surface area (Å²) in [5.41, 5.74) is 0.462. The first kappa shape index (κ1) is 15.9. The molecule has 1 aliphatic heterocycles. The molecule has 108 valence electrons. The summed E-state index contributed by atoms with van der Waals surface area (Å²) in [7, 11) is 6.47. The molecule has 0 saturated carbocycles. The Kier molecular flexibility index (Phi) is 6.61. The predicted octanol–water partition coefficient (Wildman–Crippen LogP) is 2.04. The lowest BCUT2D eigenvalue weighted by molar-refractivity contribution is 0.114. The molecule has 1 N–H and O–H groups in total. The first-order valence-electron chi connectivity index (χ1n) is 7.60. The van der Waals surface area contributed by atoms with E-state index in [1.54, 1.807) is 0 Å². The SMILES string of the molecule is CCC(CC)(CNC)CN1CCCC1CN(C)C. The van der Waals surface area contributed by atoms with Crippen molar-refractivity contribution in [3.8, 4) is 0 Å². The molecule has 1 saturated heterocycles. The number of likely N-dealkylation sites (N-methyl/N-ethyl adjacent to an activating group) is 1. The van der Waals surface area contributed by atoms with Crippen LogP contribution < -0.4 is 5.32 Å². The maximum atomic E-state index is 3.40. The minimum absolute atomic E-state index is 0.462. The van der Waals surface area contributed by atoms with Crippen LogP contribution in [-0.2, 0) is 0 Å². The largest absolute Gasteiger partial charge is 0.319 e. The van der Waals surface area contributed by atoms with Crippen LogP contribution in [-0.4, -0.2) is 63.2 Å². The van der Waals surface area contributed by atoms with E-state index < -0.39 is 0 Å². The van der Waals surface area contributed by atoms with Crippen molar-refractivity contribution in [3.63, 3.8) is 0 Å². The van der Waals surface area contributed by atoms with E-state index in [-0.39, 0.29) is 0 Å². The van der Waals surface area contributed by atoms with Crippen molar-refractivity contribution in [1.82, 2.24) is 15.1 Å². The molecule has 3 heteroatoms. The Balaban J connectivity index is 2.61. The lowest BCUT2D eigenvalue weighted by Gasteiger charge is -2.38. The van der Waals surface area contributed by atoms with E-state index in [0.29, 0.717) is 5.41 Å². The van der Waals surface area contributed by atoms with Crippen LogP contribution in [0.15, 0.2) is 0 Å². The summed E-state index contributed by atoms with van der Waals surface area (Å²) in [4.78, 5) is 5.07. The summed E-state index contributed by atoms with van der Waals surface area (Å²) in [6.07, 6.45) is 5.30. The van der Waals surface area contributed by atoms with Crippen LogP contribution in [0.2, 0.25) is 0 Å². The fourth-order valence-corrected chi connectivity index (χ4v) is 3.32. The van der Waals surface area contributed by atoms with Gasteiger partial charge in [-0.25, -0.2) is 0 Å². The number of nitrogens with zero attached hydrogens (tertiary/aromatic N) is 2. The first-order valence-corrected chi connectivity index (χ1v) is 7.60. The maximum Gasteiger partial charge on any atom is 0.0223 e. The topological polar surface area (TPSA) is 18.5 Å². The molecule has 0 aromatic heterocycles. The van der Waals surface area contributed by atoms with Gasteiger partial charge in [0, 0.05) is 25.7 Å². The third-order valence-electron chi connectivity index (χ3n) is 4.67. The van der Waals surface area contributed by atoms with Gasteiger partial charge in [-0.1, -0.05) is 13.8 Å². The van der Waals surface area contributed by atoms with Gasteiger partial charge in [-0.2, -0.15) is 0 Å². The van der Waals surface area contributed by atoms with Crippen molar-refractivity contribution in [2.75, 3.05) is 47.3 Å². The van der Waals surface area contributed by atoms with E-state index in [4.69, 9.17) is 0 Å². The van der Waals surface area contributed by atoms with Crippen LogP contribution in [0.5, 0.6) is 0 Å². The normalized spacial score (nSPS) is 22.0. The van der Waals surface area contributed by atoms with Crippen LogP contribution in [0.1, 0.15) is 39.5 Å². The summed E-state index contributed by atoms with van der Waals surface area (Å²) < 4.78 is 0. The number of nitrogens with one attached hydrogen (secondary N) is 1. The molecule has 0 bridgehead atoms. The molecular formula is C15H33N3. The molecule has 0 radical (unpaired) electrons. The lowest BCUT2D eigenvalue weighted by Crippen LogP contribution is -2.47. The molecule has 0 aliphatic carbocycles. The lowest BCUT2D eigenvalue weighted by atomic mass is 9.81. The van der Waals surface area contributed by atoms with Gasteiger partial charge in [0.15, 0.2) is 0 Å². The smallest absolute Gasteiger partial charge is 0.0223 e. The Morgan fingerprint density at radius 2 is 1.94 bits per heavy atom. The van der Waals surface area contributed by atoms with Crippen LogP contribution in [0, 0.1) is 5.41 Å². The van der Waals surface area contributed by atoms with Crippen LogP contribution in [0.4, 0.5) is 0 Å². The highest BCUT2D eigenvalue weighted by Gasteiger charge is 2.33. The van der Waals surface area contributed by atoms with E-state index in [9.17, 15) is 0 Å². The molecule has 3 nitrogen and oxygen atoms in total. The molecule has 0 aromatic rings. The summed E-state index contributed by atoms with van der Waals surface area (Å²) in [5, 5.41) is 3.40.